The predicted octanol–water partition coefficient (Wildman–Crippen LogP) is 8.42. The lowest BCUT2D eigenvalue weighted by Crippen LogP contribution is -2.41. The van der Waals surface area contributed by atoms with E-state index >= 15 is 0 Å². The van der Waals surface area contributed by atoms with Gasteiger partial charge < -0.3 is 0 Å². The second kappa shape index (κ2) is 20.6. The van der Waals surface area contributed by atoms with Gasteiger partial charge in [0.05, 0.1) is 0 Å². The summed E-state index contributed by atoms with van der Waals surface area (Å²) in [5, 5.41) is 18.9. The second-order valence-electron chi connectivity index (χ2n) is 8.64. The molecular weight excluding hydrogens is 334 g/mol. The zero-order chi connectivity index (χ0) is 20.1. The highest BCUT2D eigenvalue weighted by atomic mass is 16.8. The molecule has 0 aliphatic rings. The van der Waals surface area contributed by atoms with Crippen LogP contribution in [0.25, 0.3) is 0 Å². The van der Waals surface area contributed by atoms with Gasteiger partial charge in [-0.2, -0.15) is 10.4 Å². The lowest BCUT2D eigenvalue weighted by Gasteiger charge is -2.18. The highest BCUT2D eigenvalue weighted by Crippen LogP contribution is 2.15. The maximum Gasteiger partial charge on any atom is 0.142 e. The Hall–Kier alpha value is -0.120. The molecule has 0 atom stereocenters. The van der Waals surface area contributed by atoms with Crippen LogP contribution in [0.4, 0.5) is 0 Å². The molecule has 0 rings (SSSR count). The summed E-state index contributed by atoms with van der Waals surface area (Å²) in [5.41, 5.74) is 0. The van der Waals surface area contributed by atoms with Gasteiger partial charge in [-0.25, -0.2) is 0 Å². The fraction of sp³-hybridized carbons (Fsp3) is 1.00. The summed E-state index contributed by atoms with van der Waals surface area (Å²) in [7, 11) is 0. The number of hydrogen-bond donors (Lipinski definition) is 2. The smallest absolute Gasteiger partial charge is 0.142 e. The maximum absolute atomic E-state index is 9.47. The molecule has 2 N–H and O–H groups in total. The fourth-order valence-electron chi connectivity index (χ4n) is 3.78. The molecule has 0 saturated carbocycles. The molecule has 0 aliphatic heterocycles. The zero-order valence-electron chi connectivity index (χ0n) is 18.9. The minimum Gasteiger partial charge on any atom is -0.182 e. The predicted molar refractivity (Wildman–Crippen MR) is 117 cm³/mol. The first-order valence-corrected chi connectivity index (χ1v) is 12.4. The van der Waals surface area contributed by atoms with Crippen molar-refractivity contribution in [1.82, 2.24) is 0 Å². The zero-order valence-corrected chi connectivity index (χ0v) is 18.9. The first-order chi connectivity index (χ1) is 13.1. The average Bonchev–Trinajstić information content (AvgIpc) is 2.66. The Kier molecular flexibility index (Phi) is 20.5. The topological polar surface area (TPSA) is 40.5 Å². The molecule has 0 aliphatic carbocycles. The van der Waals surface area contributed by atoms with E-state index in [9.17, 15) is 10.4 Å². The van der Waals surface area contributed by atoms with Crippen molar-refractivity contribution in [3.05, 3.63) is 0 Å². The van der Waals surface area contributed by atoms with Crippen LogP contribution in [-0.4, -0.2) is 28.3 Å². The van der Waals surface area contributed by atoms with E-state index in [2.05, 4.69) is 6.92 Å². The Morgan fingerprint density at radius 1 is 0.407 bits per heavy atom. The van der Waals surface area contributed by atoms with E-state index in [1.807, 2.05) is 0 Å². The van der Waals surface area contributed by atoms with Gasteiger partial charge in [0.25, 0.3) is 0 Å². The molecule has 0 aromatic heterocycles. The van der Waals surface area contributed by atoms with Crippen molar-refractivity contribution in [3.63, 3.8) is 0 Å². The normalized spacial score (nSPS) is 12.0. The summed E-state index contributed by atoms with van der Waals surface area (Å²) >= 11 is 0. The SMILES string of the molecule is CCCCCCCCCCCCCCCCCCCCCC[N+](O)(O)CC. The molecule has 0 unspecified atom stereocenters. The van der Waals surface area contributed by atoms with Gasteiger partial charge in [0.1, 0.15) is 13.1 Å². The first-order valence-electron chi connectivity index (χ1n) is 12.4. The van der Waals surface area contributed by atoms with Crippen LogP contribution in [0.2, 0.25) is 0 Å². The summed E-state index contributed by atoms with van der Waals surface area (Å²) in [6.07, 6.45) is 27.4. The summed E-state index contributed by atoms with van der Waals surface area (Å²) < 4.78 is 0. The number of rotatable bonds is 22. The third kappa shape index (κ3) is 22.0. The fourth-order valence-corrected chi connectivity index (χ4v) is 3.78. The van der Waals surface area contributed by atoms with Crippen molar-refractivity contribution in [2.75, 3.05) is 13.1 Å². The molecule has 0 fully saturated rings. The Labute approximate surface area is 171 Å². The number of nitrogens with zero attached hydrogens (tertiary/aromatic N) is 1. The minimum absolute atomic E-state index is 0.374. The van der Waals surface area contributed by atoms with Crippen LogP contribution < -0.4 is 0 Å². The Morgan fingerprint density at radius 2 is 0.667 bits per heavy atom. The van der Waals surface area contributed by atoms with Gasteiger partial charge in [-0.1, -0.05) is 122 Å². The van der Waals surface area contributed by atoms with E-state index in [-0.39, 0.29) is 0 Å². The summed E-state index contributed by atoms with van der Waals surface area (Å²) in [6, 6.07) is 0. The Balaban J connectivity index is 3.05. The molecule has 3 heteroatoms. The van der Waals surface area contributed by atoms with Crippen molar-refractivity contribution in [3.8, 4) is 0 Å². The molecule has 0 bridgehead atoms. The largest absolute Gasteiger partial charge is 0.182 e. The standard InChI is InChI=1S/C24H52NO2/c1-3-5-6-7-8-9-10-11-12-13-14-15-16-17-18-19-20-21-22-23-24-25(26,27)4-2/h26-27H,3-24H2,1-2H3/q+1. The van der Waals surface area contributed by atoms with Crippen LogP contribution >= 0.6 is 0 Å². The number of unbranched alkanes of at least 4 members (excludes halogenated alkanes) is 19. The third-order valence-electron chi connectivity index (χ3n) is 5.88. The van der Waals surface area contributed by atoms with E-state index in [1.54, 1.807) is 6.92 Å². The first kappa shape index (κ1) is 26.9. The van der Waals surface area contributed by atoms with E-state index in [0.717, 1.165) is 12.8 Å². The van der Waals surface area contributed by atoms with Gasteiger partial charge >= 0.3 is 0 Å². The number of quaternary nitrogens is 1. The van der Waals surface area contributed by atoms with Gasteiger partial charge in [0, 0.05) is 6.42 Å². The highest BCUT2D eigenvalue weighted by molar-refractivity contribution is 4.50. The molecule has 27 heavy (non-hydrogen) atoms. The van der Waals surface area contributed by atoms with Crippen molar-refractivity contribution in [1.29, 1.82) is 0 Å². The lowest BCUT2D eigenvalue weighted by atomic mass is 10.0. The maximum atomic E-state index is 9.47. The van der Waals surface area contributed by atoms with Crippen LogP contribution in [0.1, 0.15) is 142 Å². The Morgan fingerprint density at radius 3 is 0.926 bits per heavy atom. The average molecular weight is 387 g/mol. The van der Waals surface area contributed by atoms with Crippen LogP contribution in [-0.2, 0) is 0 Å². The van der Waals surface area contributed by atoms with Crippen LogP contribution in [0.5, 0.6) is 0 Å². The quantitative estimate of drug-likeness (QED) is 0.111. The van der Waals surface area contributed by atoms with Crippen LogP contribution in [0, 0.1) is 0 Å². The minimum atomic E-state index is -0.807. The summed E-state index contributed by atoms with van der Waals surface area (Å²) in [5.74, 6) is 0. The van der Waals surface area contributed by atoms with Gasteiger partial charge in [-0.05, 0) is 18.2 Å². The monoisotopic (exact) mass is 386 g/mol. The van der Waals surface area contributed by atoms with Crippen molar-refractivity contribution in [2.45, 2.75) is 142 Å². The van der Waals surface area contributed by atoms with Crippen molar-refractivity contribution >= 4 is 0 Å². The summed E-state index contributed by atoms with van der Waals surface area (Å²) in [6.45, 7) is 4.93. The van der Waals surface area contributed by atoms with E-state index < -0.39 is 4.81 Å². The molecule has 164 valence electrons. The van der Waals surface area contributed by atoms with E-state index in [1.165, 1.54) is 116 Å². The molecule has 0 heterocycles. The van der Waals surface area contributed by atoms with Crippen LogP contribution in [0.15, 0.2) is 0 Å². The molecule has 0 saturated heterocycles. The third-order valence-corrected chi connectivity index (χ3v) is 5.88. The van der Waals surface area contributed by atoms with Gasteiger partial charge in [0.15, 0.2) is 0 Å². The lowest BCUT2D eigenvalue weighted by molar-refractivity contribution is -1.24. The molecule has 0 aromatic carbocycles. The highest BCUT2D eigenvalue weighted by Gasteiger charge is 2.17. The van der Waals surface area contributed by atoms with E-state index in [0.29, 0.717) is 13.1 Å². The molecule has 0 spiro atoms. The molecule has 0 aromatic rings. The summed E-state index contributed by atoms with van der Waals surface area (Å²) in [4.78, 5) is -0.807. The van der Waals surface area contributed by atoms with Crippen molar-refractivity contribution < 1.29 is 15.2 Å². The van der Waals surface area contributed by atoms with Crippen molar-refractivity contribution in [2.24, 2.45) is 0 Å². The molecule has 0 amide bonds. The van der Waals surface area contributed by atoms with Gasteiger partial charge in [0.2, 0.25) is 0 Å². The van der Waals surface area contributed by atoms with Gasteiger partial charge in [-0.15, -0.1) is 0 Å². The van der Waals surface area contributed by atoms with Crippen LogP contribution in [0.3, 0.4) is 0 Å². The molecule has 0 radical (unpaired) electrons. The Bertz CT molecular complexity index is 282. The molecule has 3 nitrogen and oxygen atoms in total. The van der Waals surface area contributed by atoms with Gasteiger partial charge in [-0.3, -0.25) is 0 Å². The second-order valence-corrected chi connectivity index (χ2v) is 8.64. The van der Waals surface area contributed by atoms with E-state index in [4.69, 9.17) is 0 Å². The number of hydroxylamine groups is 4. The molecular formula is C24H52NO2+. The number of hydrogen-bond acceptors (Lipinski definition) is 2.